The maximum atomic E-state index is 12.4. The zero-order valence-electron chi connectivity index (χ0n) is 26.9. The van der Waals surface area contributed by atoms with Crippen molar-refractivity contribution < 1.29 is 28.7 Å². The third-order valence-corrected chi connectivity index (χ3v) is 7.14. The second kappa shape index (κ2) is 19.8. The lowest BCUT2D eigenvalue weighted by molar-refractivity contribution is -0.118. The van der Waals surface area contributed by atoms with Gasteiger partial charge in [0.1, 0.15) is 11.5 Å². The molecule has 48 heavy (non-hydrogen) atoms. The Morgan fingerprint density at radius 1 is 0.396 bits per heavy atom. The Kier molecular flexibility index (Phi) is 14.5. The molecule has 0 spiro atoms. The SMILES string of the molecule is O=C(CCCCCCCCC(=O)Nc1cccc(NC(=O)COc2ccccc2)c1)Nc1cccc(NC(=O)COc2ccccc2)c1. The molecule has 0 aliphatic carbocycles. The molecule has 0 saturated heterocycles. The number of para-hydroxylation sites is 2. The molecule has 0 fully saturated rings. The van der Waals surface area contributed by atoms with Gasteiger partial charge in [-0.25, -0.2) is 0 Å². The summed E-state index contributed by atoms with van der Waals surface area (Å²) >= 11 is 0. The summed E-state index contributed by atoms with van der Waals surface area (Å²) in [5.74, 6) is 0.499. The van der Waals surface area contributed by atoms with Gasteiger partial charge in [0, 0.05) is 35.6 Å². The number of ether oxygens (including phenoxy) is 2. The van der Waals surface area contributed by atoms with Crippen molar-refractivity contribution in [1.29, 1.82) is 0 Å². The summed E-state index contributed by atoms with van der Waals surface area (Å²) in [5.41, 5.74) is 2.38. The normalized spacial score (nSPS) is 10.4. The average molecular weight is 651 g/mol. The fraction of sp³-hybridized carbons (Fsp3) is 0.263. The van der Waals surface area contributed by atoms with E-state index in [0.717, 1.165) is 38.5 Å². The average Bonchev–Trinajstić information content (AvgIpc) is 3.09. The van der Waals surface area contributed by atoms with Gasteiger partial charge in [0.2, 0.25) is 11.8 Å². The Morgan fingerprint density at radius 2 is 0.729 bits per heavy atom. The molecule has 10 heteroatoms. The van der Waals surface area contributed by atoms with Crippen LogP contribution in [-0.2, 0) is 19.2 Å². The third kappa shape index (κ3) is 13.8. The predicted molar refractivity (Wildman–Crippen MR) is 188 cm³/mol. The third-order valence-electron chi connectivity index (χ3n) is 7.14. The molecule has 4 aromatic rings. The highest BCUT2D eigenvalue weighted by Crippen LogP contribution is 2.18. The fourth-order valence-electron chi connectivity index (χ4n) is 4.80. The molecular weight excluding hydrogens is 608 g/mol. The van der Waals surface area contributed by atoms with Crippen LogP contribution >= 0.6 is 0 Å². The quantitative estimate of drug-likeness (QED) is 0.0781. The highest BCUT2D eigenvalue weighted by atomic mass is 16.5. The summed E-state index contributed by atoms with van der Waals surface area (Å²) in [6, 6.07) is 32.3. The molecule has 4 amide bonds. The van der Waals surface area contributed by atoms with E-state index >= 15 is 0 Å². The summed E-state index contributed by atoms with van der Waals surface area (Å²) in [6.07, 6.45) is 6.16. The van der Waals surface area contributed by atoms with E-state index in [0.29, 0.717) is 47.1 Å². The van der Waals surface area contributed by atoms with Crippen LogP contribution in [0.4, 0.5) is 22.7 Å². The molecule has 0 aliphatic heterocycles. The number of hydrogen-bond acceptors (Lipinski definition) is 6. The molecule has 250 valence electrons. The molecular formula is C38H42N4O6. The van der Waals surface area contributed by atoms with Crippen LogP contribution in [0.2, 0.25) is 0 Å². The lowest BCUT2D eigenvalue weighted by Crippen LogP contribution is -2.20. The monoisotopic (exact) mass is 650 g/mol. The van der Waals surface area contributed by atoms with Gasteiger partial charge in [-0.3, -0.25) is 19.2 Å². The van der Waals surface area contributed by atoms with Crippen LogP contribution in [0.15, 0.2) is 109 Å². The lowest BCUT2D eigenvalue weighted by atomic mass is 10.1. The molecule has 0 bridgehead atoms. The van der Waals surface area contributed by atoms with Crippen molar-refractivity contribution in [2.24, 2.45) is 0 Å². The van der Waals surface area contributed by atoms with E-state index < -0.39 is 0 Å². The van der Waals surface area contributed by atoms with Gasteiger partial charge in [0.05, 0.1) is 0 Å². The van der Waals surface area contributed by atoms with Crippen molar-refractivity contribution in [2.45, 2.75) is 51.4 Å². The first-order valence-electron chi connectivity index (χ1n) is 16.2. The Hall–Kier alpha value is -5.64. The molecule has 4 aromatic carbocycles. The first-order chi connectivity index (χ1) is 23.4. The molecule has 0 aromatic heterocycles. The van der Waals surface area contributed by atoms with Gasteiger partial charge >= 0.3 is 0 Å². The molecule has 0 aliphatic rings. The maximum absolute atomic E-state index is 12.4. The predicted octanol–water partition coefficient (Wildman–Crippen LogP) is 7.42. The van der Waals surface area contributed by atoms with Gasteiger partial charge in [-0.05, 0) is 73.5 Å². The van der Waals surface area contributed by atoms with E-state index in [-0.39, 0.29) is 36.8 Å². The van der Waals surface area contributed by atoms with E-state index in [2.05, 4.69) is 21.3 Å². The number of unbranched alkanes of at least 4 members (excludes halogenated alkanes) is 5. The summed E-state index contributed by atoms with van der Waals surface area (Å²) in [5, 5.41) is 11.3. The van der Waals surface area contributed by atoms with Crippen molar-refractivity contribution in [3.05, 3.63) is 109 Å². The van der Waals surface area contributed by atoms with Gasteiger partial charge in [0.25, 0.3) is 11.8 Å². The smallest absolute Gasteiger partial charge is 0.262 e. The maximum Gasteiger partial charge on any atom is 0.262 e. The summed E-state index contributed by atoms with van der Waals surface area (Å²) in [6.45, 7) is -0.227. The zero-order valence-corrected chi connectivity index (χ0v) is 26.9. The van der Waals surface area contributed by atoms with Crippen LogP contribution in [0.1, 0.15) is 51.4 Å². The van der Waals surface area contributed by atoms with Crippen LogP contribution in [0.25, 0.3) is 0 Å². The topological polar surface area (TPSA) is 135 Å². The molecule has 0 saturated carbocycles. The number of amides is 4. The standard InChI is InChI=1S/C38H42N4O6/c43-35(39-29-15-13-17-31(25-29)41-37(45)27-47-33-19-7-5-8-20-33)23-11-3-1-2-4-12-24-36(44)40-30-16-14-18-32(26-30)42-38(46)28-48-34-21-9-6-10-22-34/h5-10,13-22,25-26H,1-4,11-12,23-24,27-28H2,(H,39,43)(H,40,44)(H,41,45)(H,42,46). The second-order valence-corrected chi connectivity index (χ2v) is 11.2. The number of rotatable bonds is 19. The first-order valence-corrected chi connectivity index (χ1v) is 16.2. The van der Waals surface area contributed by atoms with E-state index in [1.807, 2.05) is 36.4 Å². The van der Waals surface area contributed by atoms with Gasteiger partial charge < -0.3 is 30.7 Å². The minimum Gasteiger partial charge on any atom is -0.484 e. The summed E-state index contributed by atoms with van der Waals surface area (Å²) in [4.78, 5) is 49.3. The lowest BCUT2D eigenvalue weighted by Gasteiger charge is -2.10. The van der Waals surface area contributed by atoms with E-state index in [4.69, 9.17) is 9.47 Å². The van der Waals surface area contributed by atoms with Crippen molar-refractivity contribution in [2.75, 3.05) is 34.5 Å². The Bertz CT molecular complexity index is 1490. The molecule has 0 atom stereocenters. The molecule has 0 heterocycles. The second-order valence-electron chi connectivity index (χ2n) is 11.2. The number of hydrogen-bond donors (Lipinski definition) is 4. The number of carbonyl (C=O) groups excluding carboxylic acids is 4. The van der Waals surface area contributed by atoms with E-state index in [1.165, 1.54) is 0 Å². The van der Waals surface area contributed by atoms with Crippen LogP contribution in [0.5, 0.6) is 11.5 Å². The van der Waals surface area contributed by atoms with Gasteiger partial charge in [0.15, 0.2) is 13.2 Å². The van der Waals surface area contributed by atoms with Crippen molar-refractivity contribution >= 4 is 46.4 Å². The van der Waals surface area contributed by atoms with Crippen molar-refractivity contribution in [3.63, 3.8) is 0 Å². The van der Waals surface area contributed by atoms with Crippen LogP contribution in [0, 0.1) is 0 Å². The largest absolute Gasteiger partial charge is 0.484 e. The molecule has 4 N–H and O–H groups in total. The number of anilines is 4. The number of nitrogens with one attached hydrogen (secondary N) is 4. The molecule has 4 rings (SSSR count). The fourth-order valence-corrected chi connectivity index (χ4v) is 4.80. The number of carbonyl (C=O) groups is 4. The van der Waals surface area contributed by atoms with Crippen LogP contribution in [0.3, 0.4) is 0 Å². The zero-order chi connectivity index (χ0) is 33.8. The summed E-state index contributed by atoms with van der Waals surface area (Å²) in [7, 11) is 0. The number of benzene rings is 4. The van der Waals surface area contributed by atoms with Crippen LogP contribution in [-0.4, -0.2) is 36.8 Å². The Morgan fingerprint density at radius 3 is 1.10 bits per heavy atom. The first kappa shape index (κ1) is 35.2. The van der Waals surface area contributed by atoms with Gasteiger partial charge in [-0.15, -0.1) is 0 Å². The van der Waals surface area contributed by atoms with E-state index in [9.17, 15) is 19.2 Å². The van der Waals surface area contributed by atoms with Crippen molar-refractivity contribution in [3.8, 4) is 11.5 Å². The van der Waals surface area contributed by atoms with E-state index in [1.54, 1.807) is 72.8 Å². The minimum absolute atomic E-state index is 0.0771. The minimum atomic E-state index is -0.290. The highest BCUT2D eigenvalue weighted by Gasteiger charge is 2.09. The Balaban J connectivity index is 1.02. The molecule has 0 unspecified atom stereocenters. The van der Waals surface area contributed by atoms with Crippen LogP contribution < -0.4 is 30.7 Å². The van der Waals surface area contributed by atoms with Crippen molar-refractivity contribution in [1.82, 2.24) is 0 Å². The highest BCUT2D eigenvalue weighted by molar-refractivity contribution is 5.95. The molecule has 10 nitrogen and oxygen atoms in total. The van der Waals surface area contributed by atoms with Gasteiger partial charge in [-0.2, -0.15) is 0 Å². The van der Waals surface area contributed by atoms with Gasteiger partial charge in [-0.1, -0.05) is 74.2 Å². The Labute approximate surface area is 281 Å². The summed E-state index contributed by atoms with van der Waals surface area (Å²) < 4.78 is 10.9. The molecule has 0 radical (unpaired) electrons.